The quantitative estimate of drug-likeness (QED) is 0.628. The van der Waals surface area contributed by atoms with E-state index in [1.807, 2.05) is 0 Å². The molecule has 0 fully saturated rings. The molecule has 0 atom stereocenters. The lowest BCUT2D eigenvalue weighted by molar-refractivity contribution is -0.118. The number of anilines is 1. The first kappa shape index (κ1) is 10.2. The summed E-state index contributed by atoms with van der Waals surface area (Å²) in [7, 11) is 0. The number of carbonyl (C=O) groups excluding carboxylic acids is 1. The Kier molecular flexibility index (Phi) is 2.55. The van der Waals surface area contributed by atoms with E-state index in [9.17, 15) is 9.59 Å². The van der Waals surface area contributed by atoms with Crippen LogP contribution in [0.4, 0.5) is 5.69 Å². The van der Waals surface area contributed by atoms with E-state index in [1.165, 1.54) is 0 Å². The summed E-state index contributed by atoms with van der Waals surface area (Å²) in [6.07, 6.45) is 0. The van der Waals surface area contributed by atoms with Crippen molar-refractivity contribution in [2.45, 2.75) is 20.4 Å². The summed E-state index contributed by atoms with van der Waals surface area (Å²) < 4.78 is 1.16. The molecular weight excluding hydrogens is 184 g/mol. The van der Waals surface area contributed by atoms with Gasteiger partial charge >= 0.3 is 0 Å². The van der Waals surface area contributed by atoms with Crippen molar-refractivity contribution in [2.75, 3.05) is 5.73 Å². The number of nitrogen functional groups attached to an aromatic ring is 1. The number of nitrogens with two attached hydrogens (primary N) is 2. The Morgan fingerprint density at radius 2 is 2.07 bits per heavy atom. The molecule has 1 heterocycles. The molecule has 1 rings (SSSR count). The summed E-state index contributed by atoms with van der Waals surface area (Å²) in [6, 6.07) is 0. The molecule has 1 aromatic heterocycles. The van der Waals surface area contributed by atoms with E-state index in [0.29, 0.717) is 11.5 Å². The van der Waals surface area contributed by atoms with Crippen LogP contribution in [-0.2, 0) is 11.3 Å². The Morgan fingerprint density at radius 1 is 1.50 bits per heavy atom. The van der Waals surface area contributed by atoms with Gasteiger partial charge in [-0.1, -0.05) is 0 Å². The highest BCUT2D eigenvalue weighted by Gasteiger charge is 2.09. The zero-order chi connectivity index (χ0) is 10.9. The second-order valence-corrected chi connectivity index (χ2v) is 3.02. The number of aromatic nitrogens is 2. The van der Waals surface area contributed by atoms with Crippen molar-refractivity contribution in [1.82, 2.24) is 9.55 Å². The van der Waals surface area contributed by atoms with Crippen molar-refractivity contribution in [3.8, 4) is 0 Å². The molecule has 0 aliphatic carbocycles. The van der Waals surface area contributed by atoms with E-state index in [0.717, 1.165) is 4.57 Å². The van der Waals surface area contributed by atoms with E-state index >= 15 is 0 Å². The molecule has 0 bridgehead atoms. The summed E-state index contributed by atoms with van der Waals surface area (Å²) >= 11 is 0. The van der Waals surface area contributed by atoms with Crippen LogP contribution in [0, 0.1) is 13.8 Å². The van der Waals surface area contributed by atoms with Crippen LogP contribution >= 0.6 is 0 Å². The molecule has 1 amide bonds. The van der Waals surface area contributed by atoms with Crippen molar-refractivity contribution < 1.29 is 4.79 Å². The Hall–Kier alpha value is -1.85. The maximum atomic E-state index is 11.5. The summed E-state index contributed by atoms with van der Waals surface area (Å²) in [5.41, 5.74) is 10.6. The standard InChI is InChI=1S/C8H12N4O2/c1-4-7(10)8(14)12(3-6(9)13)5(2)11-4/h3,10H2,1-2H3,(H2,9,13). The summed E-state index contributed by atoms with van der Waals surface area (Å²) in [6.45, 7) is 3.07. The summed E-state index contributed by atoms with van der Waals surface area (Å²) in [4.78, 5) is 26.2. The normalized spacial score (nSPS) is 10.1. The molecule has 0 unspecified atom stereocenters. The van der Waals surface area contributed by atoms with E-state index in [1.54, 1.807) is 13.8 Å². The van der Waals surface area contributed by atoms with E-state index in [2.05, 4.69) is 4.98 Å². The Labute approximate surface area is 80.5 Å². The molecule has 6 nitrogen and oxygen atoms in total. The minimum atomic E-state index is -0.597. The van der Waals surface area contributed by atoms with Gasteiger partial charge in [-0.3, -0.25) is 14.2 Å². The molecule has 0 aliphatic heterocycles. The highest BCUT2D eigenvalue weighted by Crippen LogP contribution is 2.01. The van der Waals surface area contributed by atoms with Crippen molar-refractivity contribution in [3.63, 3.8) is 0 Å². The second kappa shape index (κ2) is 3.49. The smallest absolute Gasteiger partial charge is 0.277 e. The van der Waals surface area contributed by atoms with Gasteiger partial charge in [0.05, 0.1) is 5.69 Å². The minimum Gasteiger partial charge on any atom is -0.393 e. The number of rotatable bonds is 2. The van der Waals surface area contributed by atoms with Gasteiger partial charge in [-0.2, -0.15) is 0 Å². The SMILES string of the molecule is Cc1nc(C)n(CC(N)=O)c(=O)c1N. The molecule has 0 aromatic carbocycles. The first-order valence-electron chi connectivity index (χ1n) is 4.05. The Balaban J connectivity index is 3.37. The molecule has 0 radical (unpaired) electrons. The third-order valence-corrected chi connectivity index (χ3v) is 1.90. The highest BCUT2D eigenvalue weighted by molar-refractivity contribution is 5.73. The van der Waals surface area contributed by atoms with Gasteiger partial charge in [0.1, 0.15) is 18.1 Å². The third kappa shape index (κ3) is 1.73. The number of aryl methyl sites for hydroxylation is 2. The van der Waals surface area contributed by atoms with Gasteiger partial charge in [-0.25, -0.2) is 4.98 Å². The predicted octanol–water partition coefficient (Wildman–Crippen LogP) is -1.07. The fourth-order valence-corrected chi connectivity index (χ4v) is 1.15. The topological polar surface area (TPSA) is 104 Å². The molecule has 76 valence electrons. The largest absolute Gasteiger partial charge is 0.393 e. The number of amides is 1. The van der Waals surface area contributed by atoms with Crippen LogP contribution in [0.3, 0.4) is 0 Å². The van der Waals surface area contributed by atoms with E-state index in [4.69, 9.17) is 11.5 Å². The minimum absolute atomic E-state index is 0.0526. The number of nitrogens with zero attached hydrogens (tertiary/aromatic N) is 2. The second-order valence-electron chi connectivity index (χ2n) is 3.02. The lowest BCUT2D eigenvalue weighted by atomic mass is 10.3. The molecule has 0 spiro atoms. The monoisotopic (exact) mass is 196 g/mol. The molecule has 14 heavy (non-hydrogen) atoms. The molecule has 0 aliphatic rings. The Morgan fingerprint density at radius 3 is 2.57 bits per heavy atom. The molecule has 0 saturated carbocycles. The summed E-state index contributed by atoms with van der Waals surface area (Å²) in [5.74, 6) is -0.166. The first-order chi connectivity index (χ1) is 6.43. The third-order valence-electron chi connectivity index (χ3n) is 1.90. The van der Waals surface area contributed by atoms with Crippen LogP contribution in [0.25, 0.3) is 0 Å². The van der Waals surface area contributed by atoms with Gasteiger partial charge in [-0.15, -0.1) is 0 Å². The van der Waals surface area contributed by atoms with Crippen LogP contribution in [0.2, 0.25) is 0 Å². The number of hydrogen-bond donors (Lipinski definition) is 2. The maximum absolute atomic E-state index is 11.5. The fraction of sp³-hybridized carbons (Fsp3) is 0.375. The van der Waals surface area contributed by atoms with Crippen LogP contribution in [-0.4, -0.2) is 15.5 Å². The van der Waals surface area contributed by atoms with Crippen molar-refractivity contribution in [1.29, 1.82) is 0 Å². The van der Waals surface area contributed by atoms with Gasteiger partial charge in [0.2, 0.25) is 5.91 Å². The van der Waals surface area contributed by atoms with Crippen molar-refractivity contribution in [3.05, 3.63) is 21.9 Å². The molecule has 0 saturated heterocycles. The first-order valence-corrected chi connectivity index (χ1v) is 4.05. The Bertz CT molecular complexity index is 436. The van der Waals surface area contributed by atoms with Crippen LogP contribution in [0.5, 0.6) is 0 Å². The van der Waals surface area contributed by atoms with Gasteiger partial charge in [0.25, 0.3) is 5.56 Å². The highest BCUT2D eigenvalue weighted by atomic mass is 16.2. The van der Waals surface area contributed by atoms with Gasteiger partial charge in [-0.05, 0) is 13.8 Å². The lowest BCUT2D eigenvalue weighted by Gasteiger charge is -2.09. The zero-order valence-electron chi connectivity index (χ0n) is 8.07. The molecule has 6 heteroatoms. The molecule has 4 N–H and O–H groups in total. The summed E-state index contributed by atoms with van der Waals surface area (Å²) in [5, 5.41) is 0. The average molecular weight is 196 g/mol. The number of primary amides is 1. The van der Waals surface area contributed by atoms with Gasteiger partial charge < -0.3 is 11.5 Å². The van der Waals surface area contributed by atoms with Crippen LogP contribution in [0.1, 0.15) is 11.5 Å². The van der Waals surface area contributed by atoms with Crippen molar-refractivity contribution in [2.24, 2.45) is 5.73 Å². The van der Waals surface area contributed by atoms with E-state index in [-0.39, 0.29) is 12.2 Å². The predicted molar refractivity (Wildman–Crippen MR) is 51.6 cm³/mol. The van der Waals surface area contributed by atoms with Crippen LogP contribution < -0.4 is 17.0 Å². The fourth-order valence-electron chi connectivity index (χ4n) is 1.15. The lowest BCUT2D eigenvalue weighted by Crippen LogP contribution is -2.32. The maximum Gasteiger partial charge on any atom is 0.277 e. The molecule has 1 aromatic rings. The average Bonchev–Trinajstić information content (AvgIpc) is 2.09. The number of carbonyl (C=O) groups is 1. The van der Waals surface area contributed by atoms with Gasteiger partial charge in [0.15, 0.2) is 0 Å². The van der Waals surface area contributed by atoms with Crippen molar-refractivity contribution >= 4 is 11.6 Å². The van der Waals surface area contributed by atoms with Gasteiger partial charge in [0, 0.05) is 0 Å². The van der Waals surface area contributed by atoms with Crippen LogP contribution in [0.15, 0.2) is 4.79 Å². The molecular formula is C8H12N4O2. The van der Waals surface area contributed by atoms with E-state index < -0.39 is 11.5 Å². The zero-order valence-corrected chi connectivity index (χ0v) is 8.07. The number of hydrogen-bond acceptors (Lipinski definition) is 4.